The Morgan fingerprint density at radius 1 is 0.769 bits per heavy atom. The minimum absolute atomic E-state index is 0.340. The van der Waals surface area contributed by atoms with Gasteiger partial charge in [0.25, 0.3) is 0 Å². The highest BCUT2D eigenvalue weighted by Gasteiger charge is 2.48. The summed E-state index contributed by atoms with van der Waals surface area (Å²) in [6.45, 7) is 21.5. The van der Waals surface area contributed by atoms with Gasteiger partial charge in [-0.15, -0.1) is 0 Å². The average molecular weight is 363 g/mol. The van der Waals surface area contributed by atoms with Crippen molar-refractivity contribution in [1.82, 2.24) is 19.6 Å². The van der Waals surface area contributed by atoms with E-state index in [1.807, 2.05) is 0 Å². The van der Waals surface area contributed by atoms with Gasteiger partial charge in [0.1, 0.15) is 0 Å². The Balaban J connectivity index is 1.31. The fraction of sp³-hybridized carbons (Fsp3) is 1.00. The minimum Gasteiger partial charge on any atom is -0.303 e. The summed E-state index contributed by atoms with van der Waals surface area (Å²) in [5.74, 6) is 1.85. The fourth-order valence-electron chi connectivity index (χ4n) is 6.36. The van der Waals surface area contributed by atoms with Crippen molar-refractivity contribution in [3.05, 3.63) is 0 Å². The summed E-state index contributed by atoms with van der Waals surface area (Å²) in [5, 5.41) is 0. The zero-order valence-corrected chi connectivity index (χ0v) is 18.2. The second-order valence-electron chi connectivity index (χ2n) is 11.0. The van der Waals surface area contributed by atoms with Crippen LogP contribution in [-0.2, 0) is 0 Å². The lowest BCUT2D eigenvalue weighted by Gasteiger charge is -2.46. The van der Waals surface area contributed by atoms with Crippen LogP contribution in [0.2, 0.25) is 0 Å². The van der Waals surface area contributed by atoms with Crippen molar-refractivity contribution in [2.24, 2.45) is 11.8 Å². The zero-order valence-electron chi connectivity index (χ0n) is 18.2. The van der Waals surface area contributed by atoms with Crippen molar-refractivity contribution in [2.45, 2.75) is 77.0 Å². The molecule has 150 valence electrons. The Kier molecular flexibility index (Phi) is 4.95. The lowest BCUT2D eigenvalue weighted by Crippen LogP contribution is -2.55. The van der Waals surface area contributed by atoms with Gasteiger partial charge in [0.15, 0.2) is 0 Å². The number of rotatable bonds is 6. The first-order chi connectivity index (χ1) is 12.2. The topological polar surface area (TPSA) is 13.0 Å². The molecule has 26 heavy (non-hydrogen) atoms. The van der Waals surface area contributed by atoms with Crippen molar-refractivity contribution >= 4 is 0 Å². The van der Waals surface area contributed by atoms with Crippen LogP contribution in [0.3, 0.4) is 0 Å². The van der Waals surface area contributed by atoms with Crippen LogP contribution >= 0.6 is 0 Å². The molecule has 4 nitrogen and oxygen atoms in total. The largest absolute Gasteiger partial charge is 0.303 e. The predicted molar refractivity (Wildman–Crippen MR) is 110 cm³/mol. The van der Waals surface area contributed by atoms with E-state index in [4.69, 9.17) is 0 Å². The highest BCUT2D eigenvalue weighted by atomic mass is 15.4. The number of nitrogens with zero attached hydrogens (tertiary/aromatic N) is 4. The SMILES string of the molecule is CCN1CC2CN(C(C)(C)CCC(C)(C)N3C[C@@H]4C[C@H]3CN4C)CC2C1. The van der Waals surface area contributed by atoms with E-state index in [1.54, 1.807) is 0 Å². The molecule has 0 N–H and O–H groups in total. The molecule has 4 aliphatic rings. The Bertz CT molecular complexity index is 500. The van der Waals surface area contributed by atoms with E-state index in [9.17, 15) is 0 Å². The van der Waals surface area contributed by atoms with E-state index in [0.29, 0.717) is 11.1 Å². The monoisotopic (exact) mass is 362 g/mol. The van der Waals surface area contributed by atoms with Gasteiger partial charge in [-0.3, -0.25) is 9.80 Å². The van der Waals surface area contributed by atoms with Crippen LogP contribution in [0.4, 0.5) is 0 Å². The third-order valence-corrected chi connectivity index (χ3v) is 8.51. The van der Waals surface area contributed by atoms with Crippen LogP contribution in [0.5, 0.6) is 0 Å². The molecule has 0 aromatic carbocycles. The van der Waals surface area contributed by atoms with Crippen LogP contribution in [0.1, 0.15) is 53.9 Å². The highest BCUT2D eigenvalue weighted by Crippen LogP contribution is 2.40. The van der Waals surface area contributed by atoms with Gasteiger partial charge >= 0.3 is 0 Å². The molecule has 0 aromatic heterocycles. The van der Waals surface area contributed by atoms with Gasteiger partial charge in [-0.1, -0.05) is 6.92 Å². The molecule has 0 spiro atoms. The molecule has 4 fully saturated rings. The third-order valence-electron chi connectivity index (χ3n) is 8.51. The normalized spacial score (nSPS) is 37.2. The molecule has 4 atom stereocenters. The van der Waals surface area contributed by atoms with E-state index in [-0.39, 0.29) is 0 Å². The molecule has 0 aromatic rings. The van der Waals surface area contributed by atoms with Gasteiger partial charge in [-0.2, -0.15) is 0 Å². The molecule has 0 saturated carbocycles. The molecule has 4 heterocycles. The van der Waals surface area contributed by atoms with Gasteiger partial charge in [-0.05, 0) is 72.4 Å². The second-order valence-corrected chi connectivity index (χ2v) is 11.0. The molecule has 0 radical (unpaired) electrons. The molecule has 0 aliphatic carbocycles. The Hall–Kier alpha value is -0.160. The van der Waals surface area contributed by atoms with Crippen molar-refractivity contribution in [3.8, 4) is 0 Å². The maximum absolute atomic E-state index is 2.84. The summed E-state index contributed by atoms with van der Waals surface area (Å²) >= 11 is 0. The first kappa shape index (κ1) is 19.2. The molecule has 4 heteroatoms. The van der Waals surface area contributed by atoms with E-state index in [1.165, 1.54) is 65.1 Å². The number of piperazine rings is 1. The van der Waals surface area contributed by atoms with Gasteiger partial charge in [0.2, 0.25) is 0 Å². The molecule has 0 amide bonds. The molecule has 4 saturated heterocycles. The quantitative estimate of drug-likeness (QED) is 0.720. The first-order valence-electron chi connectivity index (χ1n) is 11.1. The summed E-state index contributed by atoms with van der Waals surface area (Å²) in [6, 6.07) is 1.61. The van der Waals surface area contributed by atoms with E-state index >= 15 is 0 Å². The second kappa shape index (κ2) is 6.72. The van der Waals surface area contributed by atoms with Crippen molar-refractivity contribution in [3.63, 3.8) is 0 Å². The predicted octanol–water partition coefficient (Wildman–Crippen LogP) is 2.60. The van der Waals surface area contributed by atoms with Crippen LogP contribution in [0.15, 0.2) is 0 Å². The number of likely N-dealkylation sites (N-methyl/N-ethyl adjacent to an activating group) is 1. The maximum atomic E-state index is 2.84. The van der Waals surface area contributed by atoms with Gasteiger partial charge < -0.3 is 9.80 Å². The standard InChI is InChI=1S/C22H42N4/c1-7-24-11-17-13-25(14-18(17)12-24)21(2,3)8-9-22(4,5)26-16-19-10-20(26)15-23(19)6/h17-20H,7-16H2,1-6H3/t17?,18?,19-,20-/m0/s1. The Morgan fingerprint density at radius 2 is 1.38 bits per heavy atom. The average Bonchev–Trinajstić information content (AvgIpc) is 3.30. The molecular weight excluding hydrogens is 320 g/mol. The van der Waals surface area contributed by atoms with Crippen molar-refractivity contribution in [2.75, 3.05) is 52.9 Å². The van der Waals surface area contributed by atoms with Gasteiger partial charge in [-0.25, -0.2) is 0 Å². The van der Waals surface area contributed by atoms with Gasteiger partial charge in [0, 0.05) is 62.4 Å². The van der Waals surface area contributed by atoms with Crippen LogP contribution in [-0.4, -0.2) is 95.6 Å². The van der Waals surface area contributed by atoms with Crippen molar-refractivity contribution < 1.29 is 0 Å². The van der Waals surface area contributed by atoms with E-state index in [2.05, 4.69) is 61.3 Å². The van der Waals surface area contributed by atoms with Crippen molar-refractivity contribution in [1.29, 1.82) is 0 Å². The van der Waals surface area contributed by atoms with Crippen LogP contribution < -0.4 is 0 Å². The lowest BCUT2D eigenvalue weighted by atomic mass is 9.86. The molecule has 2 unspecified atom stereocenters. The smallest absolute Gasteiger partial charge is 0.0244 e. The number of fused-ring (bicyclic) bond motifs is 3. The van der Waals surface area contributed by atoms with E-state index < -0.39 is 0 Å². The molecule has 4 rings (SSSR count). The summed E-state index contributed by atoms with van der Waals surface area (Å²) in [6.07, 6.45) is 4.03. The molecule has 4 aliphatic heterocycles. The fourth-order valence-corrected chi connectivity index (χ4v) is 6.36. The Labute approximate surface area is 161 Å². The van der Waals surface area contributed by atoms with Crippen LogP contribution in [0.25, 0.3) is 0 Å². The molecular formula is C22H42N4. The number of hydrogen-bond acceptors (Lipinski definition) is 4. The van der Waals surface area contributed by atoms with Crippen LogP contribution in [0, 0.1) is 11.8 Å². The lowest BCUT2D eigenvalue weighted by molar-refractivity contribution is 0.0338. The minimum atomic E-state index is 0.340. The zero-order chi connectivity index (χ0) is 18.7. The summed E-state index contributed by atoms with van der Waals surface area (Å²) < 4.78 is 0. The first-order valence-corrected chi connectivity index (χ1v) is 11.1. The summed E-state index contributed by atoms with van der Waals surface area (Å²) in [7, 11) is 2.31. The molecule has 2 bridgehead atoms. The summed E-state index contributed by atoms with van der Waals surface area (Å²) in [4.78, 5) is 10.9. The number of likely N-dealkylation sites (tertiary alicyclic amines) is 4. The third kappa shape index (κ3) is 3.36. The Morgan fingerprint density at radius 3 is 1.88 bits per heavy atom. The van der Waals surface area contributed by atoms with E-state index in [0.717, 1.165) is 23.9 Å². The number of hydrogen-bond donors (Lipinski definition) is 0. The highest BCUT2D eigenvalue weighted by molar-refractivity contribution is 5.04. The van der Waals surface area contributed by atoms with Gasteiger partial charge in [0.05, 0.1) is 0 Å². The maximum Gasteiger partial charge on any atom is 0.0244 e. The summed E-state index contributed by atoms with van der Waals surface area (Å²) in [5.41, 5.74) is 0.681.